The smallest absolute Gasteiger partial charge is 0.175 e. The Morgan fingerprint density at radius 2 is 1.81 bits per heavy atom. The molecule has 2 N–H and O–H groups in total. The molecule has 0 aliphatic heterocycles. The van der Waals surface area contributed by atoms with Crippen LogP contribution in [0.4, 0.5) is 0 Å². The summed E-state index contributed by atoms with van der Waals surface area (Å²) < 4.78 is 23.2. The monoisotopic (exact) mass is 303 g/mol. The van der Waals surface area contributed by atoms with Gasteiger partial charge in [-0.2, -0.15) is 0 Å². The first-order chi connectivity index (χ1) is 9.77. The number of rotatable bonds is 4. The number of nitrogens with two attached hydrogens (primary N) is 1. The molecular weight excluding hydrogens is 282 g/mol. The third-order valence-corrected chi connectivity index (χ3v) is 4.77. The highest BCUT2D eigenvalue weighted by molar-refractivity contribution is 7.90. The quantitative estimate of drug-likeness (QED) is 0.944. The molecule has 21 heavy (non-hydrogen) atoms. The van der Waals surface area contributed by atoms with Crippen LogP contribution in [0.1, 0.15) is 28.3 Å². The Kier molecular flexibility index (Phi) is 4.49. The van der Waals surface area contributed by atoms with Crippen molar-refractivity contribution >= 4 is 9.84 Å². The van der Waals surface area contributed by atoms with Gasteiger partial charge in [-0.3, -0.25) is 0 Å². The molecule has 0 fully saturated rings. The standard InChI is InChI=1S/C17H21NO2S/c1-12-7-8-13(2)15(9-12)11-17(18)14-5-4-6-16(10-14)21(3,19)20/h4-10,17H,11,18H2,1-3H3. The van der Waals surface area contributed by atoms with E-state index in [0.29, 0.717) is 11.3 Å². The lowest BCUT2D eigenvalue weighted by Crippen LogP contribution is -2.14. The number of hydrogen-bond donors (Lipinski definition) is 1. The van der Waals surface area contributed by atoms with Gasteiger partial charge in [0, 0.05) is 12.3 Å². The van der Waals surface area contributed by atoms with Crippen LogP contribution in [-0.2, 0) is 16.3 Å². The van der Waals surface area contributed by atoms with Gasteiger partial charge in [0.05, 0.1) is 4.90 Å². The molecule has 3 nitrogen and oxygen atoms in total. The summed E-state index contributed by atoms with van der Waals surface area (Å²) in [5, 5.41) is 0. The maximum Gasteiger partial charge on any atom is 0.175 e. The van der Waals surface area contributed by atoms with Gasteiger partial charge < -0.3 is 5.73 Å². The number of aryl methyl sites for hydroxylation is 2. The van der Waals surface area contributed by atoms with Crippen molar-refractivity contribution in [1.29, 1.82) is 0 Å². The fraction of sp³-hybridized carbons (Fsp3) is 0.294. The molecule has 0 aromatic heterocycles. The van der Waals surface area contributed by atoms with Crippen molar-refractivity contribution in [2.75, 3.05) is 6.26 Å². The summed E-state index contributed by atoms with van der Waals surface area (Å²) in [5.41, 5.74) is 10.7. The molecule has 4 heteroatoms. The minimum absolute atomic E-state index is 0.216. The topological polar surface area (TPSA) is 60.2 Å². The van der Waals surface area contributed by atoms with Gasteiger partial charge in [0.15, 0.2) is 9.84 Å². The summed E-state index contributed by atoms with van der Waals surface area (Å²) in [4.78, 5) is 0.316. The minimum Gasteiger partial charge on any atom is -0.324 e. The summed E-state index contributed by atoms with van der Waals surface area (Å²) in [6, 6.07) is 13.0. The molecule has 2 aromatic rings. The van der Waals surface area contributed by atoms with Crippen molar-refractivity contribution in [2.45, 2.75) is 31.2 Å². The van der Waals surface area contributed by atoms with Crippen LogP contribution in [0.2, 0.25) is 0 Å². The second-order valence-electron chi connectivity index (χ2n) is 5.59. The van der Waals surface area contributed by atoms with Crippen LogP contribution in [0.15, 0.2) is 47.4 Å². The fourth-order valence-electron chi connectivity index (χ4n) is 2.35. The van der Waals surface area contributed by atoms with Crippen LogP contribution >= 0.6 is 0 Å². The molecule has 1 unspecified atom stereocenters. The molecule has 112 valence electrons. The van der Waals surface area contributed by atoms with Gasteiger partial charge in [-0.1, -0.05) is 35.9 Å². The number of sulfone groups is 1. The lowest BCUT2D eigenvalue weighted by atomic mass is 9.95. The van der Waals surface area contributed by atoms with E-state index >= 15 is 0 Å². The highest BCUT2D eigenvalue weighted by Crippen LogP contribution is 2.21. The molecule has 0 aliphatic rings. The first-order valence-electron chi connectivity index (χ1n) is 6.89. The maximum atomic E-state index is 11.6. The molecule has 0 saturated heterocycles. The Bertz CT molecular complexity index is 751. The Balaban J connectivity index is 2.28. The Labute approximate surface area is 126 Å². The molecule has 2 aromatic carbocycles. The van der Waals surface area contributed by atoms with Crippen LogP contribution in [0, 0.1) is 13.8 Å². The van der Waals surface area contributed by atoms with E-state index in [0.717, 1.165) is 5.56 Å². The van der Waals surface area contributed by atoms with Gasteiger partial charge in [-0.15, -0.1) is 0 Å². The van der Waals surface area contributed by atoms with Gasteiger partial charge in [0.2, 0.25) is 0 Å². The molecule has 0 saturated carbocycles. The summed E-state index contributed by atoms with van der Waals surface area (Å²) >= 11 is 0. The largest absolute Gasteiger partial charge is 0.324 e. The Hall–Kier alpha value is -1.65. The fourth-order valence-corrected chi connectivity index (χ4v) is 3.03. The van der Waals surface area contributed by atoms with E-state index in [1.807, 2.05) is 6.07 Å². The zero-order valence-corrected chi connectivity index (χ0v) is 13.4. The molecule has 2 rings (SSSR count). The van der Waals surface area contributed by atoms with E-state index < -0.39 is 9.84 Å². The first-order valence-corrected chi connectivity index (χ1v) is 8.78. The molecule has 0 heterocycles. The predicted molar refractivity (Wildman–Crippen MR) is 86.1 cm³/mol. The first kappa shape index (κ1) is 15.7. The summed E-state index contributed by atoms with van der Waals surface area (Å²) in [5.74, 6) is 0. The van der Waals surface area contributed by atoms with E-state index in [9.17, 15) is 8.42 Å². The minimum atomic E-state index is -3.20. The van der Waals surface area contributed by atoms with Gasteiger partial charge >= 0.3 is 0 Å². The SMILES string of the molecule is Cc1ccc(C)c(CC(N)c2cccc(S(C)(=O)=O)c2)c1. The van der Waals surface area contributed by atoms with Crippen LogP contribution in [0.3, 0.4) is 0 Å². The van der Waals surface area contributed by atoms with E-state index in [4.69, 9.17) is 5.73 Å². The zero-order valence-electron chi connectivity index (χ0n) is 12.6. The predicted octanol–water partition coefficient (Wildman–Crippen LogP) is 2.95. The normalized spacial score (nSPS) is 13.1. The third kappa shape index (κ3) is 3.93. The zero-order chi connectivity index (χ0) is 15.6. The summed E-state index contributed by atoms with van der Waals surface area (Å²) in [6.45, 7) is 4.12. The second kappa shape index (κ2) is 6.00. The number of benzene rings is 2. The lowest BCUT2D eigenvalue weighted by molar-refractivity contribution is 0.601. The van der Waals surface area contributed by atoms with Gasteiger partial charge in [-0.25, -0.2) is 8.42 Å². The van der Waals surface area contributed by atoms with Crippen LogP contribution in [-0.4, -0.2) is 14.7 Å². The highest BCUT2D eigenvalue weighted by Gasteiger charge is 2.13. The van der Waals surface area contributed by atoms with Crippen molar-refractivity contribution in [3.05, 3.63) is 64.7 Å². The van der Waals surface area contributed by atoms with Crippen molar-refractivity contribution in [3.63, 3.8) is 0 Å². The van der Waals surface area contributed by atoms with Crippen LogP contribution in [0.25, 0.3) is 0 Å². The van der Waals surface area contributed by atoms with E-state index in [1.165, 1.54) is 22.9 Å². The third-order valence-electron chi connectivity index (χ3n) is 3.66. The van der Waals surface area contributed by atoms with Crippen LogP contribution < -0.4 is 5.73 Å². The van der Waals surface area contributed by atoms with Crippen molar-refractivity contribution in [1.82, 2.24) is 0 Å². The van der Waals surface area contributed by atoms with E-state index in [1.54, 1.807) is 18.2 Å². The van der Waals surface area contributed by atoms with Crippen molar-refractivity contribution in [3.8, 4) is 0 Å². The van der Waals surface area contributed by atoms with E-state index in [-0.39, 0.29) is 6.04 Å². The lowest BCUT2D eigenvalue weighted by Gasteiger charge is -2.15. The molecule has 1 atom stereocenters. The van der Waals surface area contributed by atoms with Gasteiger partial charge in [0.25, 0.3) is 0 Å². The van der Waals surface area contributed by atoms with E-state index in [2.05, 4.69) is 32.0 Å². The number of hydrogen-bond acceptors (Lipinski definition) is 3. The highest BCUT2D eigenvalue weighted by atomic mass is 32.2. The van der Waals surface area contributed by atoms with Crippen molar-refractivity contribution in [2.24, 2.45) is 5.73 Å². The molecule has 0 radical (unpaired) electrons. The van der Waals surface area contributed by atoms with Gasteiger partial charge in [-0.05, 0) is 49.1 Å². The maximum absolute atomic E-state index is 11.6. The molecular formula is C17H21NO2S. The molecule has 0 bridgehead atoms. The summed E-state index contributed by atoms with van der Waals surface area (Å²) in [7, 11) is -3.20. The molecule has 0 aliphatic carbocycles. The average Bonchev–Trinajstić information content (AvgIpc) is 2.42. The Morgan fingerprint density at radius 1 is 1.10 bits per heavy atom. The van der Waals surface area contributed by atoms with Crippen molar-refractivity contribution < 1.29 is 8.42 Å². The molecule has 0 spiro atoms. The Morgan fingerprint density at radius 3 is 2.48 bits per heavy atom. The van der Waals surface area contributed by atoms with Crippen LogP contribution in [0.5, 0.6) is 0 Å². The average molecular weight is 303 g/mol. The molecule has 0 amide bonds. The second-order valence-corrected chi connectivity index (χ2v) is 7.60. The summed E-state index contributed by atoms with van der Waals surface area (Å²) in [6.07, 6.45) is 1.91. The van der Waals surface area contributed by atoms with Gasteiger partial charge in [0.1, 0.15) is 0 Å².